The van der Waals surface area contributed by atoms with E-state index in [9.17, 15) is 4.79 Å². The van der Waals surface area contributed by atoms with Crippen LogP contribution >= 0.6 is 23.2 Å². The van der Waals surface area contributed by atoms with Gasteiger partial charge in [0, 0.05) is 11.1 Å². The number of carbonyl (C=O) groups excluding carboxylic acids is 1. The maximum Gasteiger partial charge on any atom is 0.224 e. The number of carbonyl (C=O) groups is 1. The summed E-state index contributed by atoms with van der Waals surface area (Å²) in [5.74, 6) is 0.0323. The Labute approximate surface area is 111 Å². The molecular weight excluding hydrogens is 257 g/mol. The number of hydrogen-bond acceptors (Lipinski definition) is 1. The van der Waals surface area contributed by atoms with Crippen LogP contribution in [0.4, 0.5) is 0 Å². The van der Waals surface area contributed by atoms with E-state index in [1.54, 1.807) is 12.1 Å². The second-order valence-electron chi connectivity index (χ2n) is 4.42. The SMILES string of the molecule is O=C(Cc1ccc(Cl)cc1)NC1CCCC1Cl. The van der Waals surface area contributed by atoms with E-state index in [4.69, 9.17) is 23.2 Å². The summed E-state index contributed by atoms with van der Waals surface area (Å²) < 4.78 is 0. The van der Waals surface area contributed by atoms with E-state index in [1.165, 1.54) is 0 Å². The summed E-state index contributed by atoms with van der Waals surface area (Å²) in [6.07, 6.45) is 3.46. The first-order chi connectivity index (χ1) is 8.15. The molecule has 0 bridgehead atoms. The molecule has 1 aromatic carbocycles. The molecule has 1 amide bonds. The Morgan fingerprint density at radius 1 is 1.29 bits per heavy atom. The van der Waals surface area contributed by atoms with Crippen LogP contribution < -0.4 is 5.32 Å². The number of nitrogens with one attached hydrogen (secondary N) is 1. The third-order valence-electron chi connectivity index (χ3n) is 3.06. The van der Waals surface area contributed by atoms with Gasteiger partial charge in [-0.15, -0.1) is 11.6 Å². The normalized spacial score (nSPS) is 23.6. The molecule has 1 aliphatic rings. The van der Waals surface area contributed by atoms with Crippen LogP contribution in [0, 0.1) is 0 Å². The molecule has 0 spiro atoms. The minimum atomic E-state index is 0.0323. The van der Waals surface area contributed by atoms with Crippen LogP contribution in [-0.4, -0.2) is 17.3 Å². The third-order valence-corrected chi connectivity index (χ3v) is 3.83. The van der Waals surface area contributed by atoms with E-state index in [2.05, 4.69) is 5.32 Å². The zero-order valence-electron chi connectivity index (χ0n) is 9.46. The summed E-state index contributed by atoms with van der Waals surface area (Å²) in [4.78, 5) is 11.8. The van der Waals surface area contributed by atoms with Crippen molar-refractivity contribution in [1.29, 1.82) is 0 Å². The third kappa shape index (κ3) is 3.62. The fraction of sp³-hybridized carbons (Fsp3) is 0.462. The van der Waals surface area contributed by atoms with Gasteiger partial charge in [-0.25, -0.2) is 0 Å². The van der Waals surface area contributed by atoms with E-state index < -0.39 is 0 Å². The summed E-state index contributed by atoms with van der Waals surface area (Å²) in [5, 5.41) is 3.76. The fourth-order valence-corrected chi connectivity index (χ4v) is 2.59. The highest BCUT2D eigenvalue weighted by molar-refractivity contribution is 6.30. The maximum absolute atomic E-state index is 11.8. The number of amides is 1. The van der Waals surface area contributed by atoms with Crippen molar-refractivity contribution < 1.29 is 4.79 Å². The highest BCUT2D eigenvalue weighted by Crippen LogP contribution is 2.24. The lowest BCUT2D eigenvalue weighted by Crippen LogP contribution is -2.38. The topological polar surface area (TPSA) is 29.1 Å². The number of hydrogen-bond donors (Lipinski definition) is 1. The molecule has 0 radical (unpaired) electrons. The lowest BCUT2D eigenvalue weighted by Gasteiger charge is -2.15. The Bertz CT molecular complexity index is 391. The second kappa shape index (κ2) is 5.74. The smallest absolute Gasteiger partial charge is 0.224 e. The molecule has 1 fully saturated rings. The van der Waals surface area contributed by atoms with Crippen molar-refractivity contribution in [2.45, 2.75) is 37.1 Å². The Hall–Kier alpha value is -0.730. The van der Waals surface area contributed by atoms with Crippen LogP contribution in [-0.2, 0) is 11.2 Å². The Kier molecular flexibility index (Phi) is 4.30. The van der Waals surface area contributed by atoms with Gasteiger partial charge in [0.1, 0.15) is 0 Å². The zero-order valence-corrected chi connectivity index (χ0v) is 11.0. The van der Waals surface area contributed by atoms with Gasteiger partial charge in [-0.2, -0.15) is 0 Å². The molecule has 17 heavy (non-hydrogen) atoms. The van der Waals surface area contributed by atoms with Crippen LogP contribution in [0.25, 0.3) is 0 Å². The molecule has 0 heterocycles. The van der Waals surface area contributed by atoms with E-state index >= 15 is 0 Å². The van der Waals surface area contributed by atoms with E-state index in [0.717, 1.165) is 24.8 Å². The molecule has 1 aromatic rings. The highest BCUT2D eigenvalue weighted by Gasteiger charge is 2.26. The number of rotatable bonds is 3. The van der Waals surface area contributed by atoms with Crippen molar-refractivity contribution >= 4 is 29.1 Å². The molecule has 2 nitrogen and oxygen atoms in total. The van der Waals surface area contributed by atoms with Crippen LogP contribution in [0.5, 0.6) is 0 Å². The van der Waals surface area contributed by atoms with Crippen molar-refractivity contribution in [3.05, 3.63) is 34.9 Å². The van der Waals surface area contributed by atoms with Crippen LogP contribution in [0.3, 0.4) is 0 Å². The van der Waals surface area contributed by atoms with Gasteiger partial charge in [0.05, 0.1) is 11.8 Å². The monoisotopic (exact) mass is 271 g/mol. The molecule has 0 aromatic heterocycles. The molecule has 4 heteroatoms. The maximum atomic E-state index is 11.8. The van der Waals surface area contributed by atoms with Crippen LogP contribution in [0.15, 0.2) is 24.3 Å². The van der Waals surface area contributed by atoms with Crippen molar-refractivity contribution in [2.75, 3.05) is 0 Å². The first kappa shape index (κ1) is 12.7. The fourth-order valence-electron chi connectivity index (χ4n) is 2.12. The minimum absolute atomic E-state index is 0.0323. The summed E-state index contributed by atoms with van der Waals surface area (Å²) in [7, 11) is 0. The molecule has 0 aliphatic heterocycles. The average Bonchev–Trinajstić information content (AvgIpc) is 2.68. The second-order valence-corrected chi connectivity index (χ2v) is 5.42. The molecule has 1 aliphatic carbocycles. The predicted molar refractivity (Wildman–Crippen MR) is 70.6 cm³/mol. The van der Waals surface area contributed by atoms with Gasteiger partial charge in [-0.1, -0.05) is 23.7 Å². The van der Waals surface area contributed by atoms with Crippen LogP contribution in [0.2, 0.25) is 5.02 Å². The Balaban J connectivity index is 1.86. The quantitative estimate of drug-likeness (QED) is 0.841. The molecular formula is C13H15Cl2NO. The number of alkyl halides is 1. The Morgan fingerprint density at radius 2 is 2.00 bits per heavy atom. The molecule has 2 rings (SSSR count). The van der Waals surface area contributed by atoms with Gasteiger partial charge in [0.15, 0.2) is 0 Å². The molecule has 92 valence electrons. The summed E-state index contributed by atoms with van der Waals surface area (Å²) >= 11 is 11.9. The standard InChI is InChI=1S/C13H15Cl2NO/c14-10-6-4-9(5-7-10)8-13(17)16-12-3-1-2-11(12)15/h4-7,11-12H,1-3,8H2,(H,16,17). The van der Waals surface area contributed by atoms with Gasteiger partial charge < -0.3 is 5.32 Å². The molecule has 1 N–H and O–H groups in total. The van der Waals surface area contributed by atoms with Crippen molar-refractivity contribution in [3.63, 3.8) is 0 Å². The predicted octanol–water partition coefficient (Wildman–Crippen LogP) is 3.16. The van der Waals surface area contributed by atoms with Gasteiger partial charge in [-0.05, 0) is 37.0 Å². The molecule has 2 unspecified atom stereocenters. The molecule has 0 saturated heterocycles. The first-order valence-electron chi connectivity index (χ1n) is 5.83. The van der Waals surface area contributed by atoms with Gasteiger partial charge in [-0.3, -0.25) is 4.79 Å². The van der Waals surface area contributed by atoms with E-state index in [0.29, 0.717) is 11.4 Å². The zero-order chi connectivity index (χ0) is 12.3. The number of benzene rings is 1. The van der Waals surface area contributed by atoms with Gasteiger partial charge in [0.2, 0.25) is 5.91 Å². The van der Waals surface area contributed by atoms with Gasteiger partial charge in [0.25, 0.3) is 0 Å². The van der Waals surface area contributed by atoms with Crippen molar-refractivity contribution in [1.82, 2.24) is 5.32 Å². The summed E-state index contributed by atoms with van der Waals surface area (Å²) in [6.45, 7) is 0. The number of halogens is 2. The van der Waals surface area contributed by atoms with E-state index in [1.807, 2.05) is 12.1 Å². The first-order valence-corrected chi connectivity index (χ1v) is 6.64. The highest BCUT2D eigenvalue weighted by atomic mass is 35.5. The van der Waals surface area contributed by atoms with Crippen molar-refractivity contribution in [3.8, 4) is 0 Å². The lowest BCUT2D eigenvalue weighted by molar-refractivity contribution is -0.121. The van der Waals surface area contributed by atoms with Gasteiger partial charge >= 0.3 is 0 Å². The molecule has 1 saturated carbocycles. The summed E-state index contributed by atoms with van der Waals surface area (Å²) in [5.41, 5.74) is 0.969. The van der Waals surface area contributed by atoms with Crippen LogP contribution in [0.1, 0.15) is 24.8 Å². The summed E-state index contributed by atoms with van der Waals surface area (Å²) in [6, 6.07) is 7.47. The minimum Gasteiger partial charge on any atom is -0.352 e. The lowest BCUT2D eigenvalue weighted by atomic mass is 10.1. The Morgan fingerprint density at radius 3 is 2.59 bits per heavy atom. The van der Waals surface area contributed by atoms with E-state index in [-0.39, 0.29) is 17.3 Å². The molecule has 2 atom stereocenters. The van der Waals surface area contributed by atoms with Crippen molar-refractivity contribution in [2.24, 2.45) is 0 Å². The largest absolute Gasteiger partial charge is 0.352 e. The average molecular weight is 272 g/mol.